The molecule has 3 aromatic rings. The zero-order chi connectivity index (χ0) is 23.9. The third-order valence-corrected chi connectivity index (χ3v) is 6.27. The van der Waals surface area contributed by atoms with Crippen molar-refractivity contribution < 1.29 is 14.3 Å². The van der Waals surface area contributed by atoms with Crippen LogP contribution in [0.4, 0.5) is 5.69 Å². The molecule has 4 rings (SSSR count). The van der Waals surface area contributed by atoms with Gasteiger partial charge in [-0.2, -0.15) is 5.10 Å². The lowest BCUT2D eigenvalue weighted by Gasteiger charge is -2.16. The molecule has 6 nitrogen and oxygen atoms in total. The van der Waals surface area contributed by atoms with E-state index in [2.05, 4.69) is 33.4 Å². The van der Waals surface area contributed by atoms with Gasteiger partial charge in [-0.15, -0.1) is 0 Å². The van der Waals surface area contributed by atoms with Gasteiger partial charge in [0, 0.05) is 23.1 Å². The van der Waals surface area contributed by atoms with Crippen LogP contribution in [0.25, 0.3) is 0 Å². The molecule has 0 radical (unpaired) electrons. The normalized spacial score (nSPS) is 15.6. The molecule has 1 aliphatic heterocycles. The Hall–Kier alpha value is -3.45. The Labute approximate surface area is 207 Å². The van der Waals surface area contributed by atoms with E-state index in [0.29, 0.717) is 13.2 Å². The van der Waals surface area contributed by atoms with E-state index in [1.165, 1.54) is 5.56 Å². The standard InChI is InChI=1S/C27H26BrN3O3/c1-2-19-5-11-24(12-6-19)31-17-22(15-26(31)32)27(33)30-29-16-20-7-13-25(14-8-20)34-18-21-3-9-23(28)10-4-21/h3-14,16,22H,2,15,17-18H2,1H3,(H,30,33)/b29-16+/t22-/m1/s1. The molecule has 0 aromatic heterocycles. The summed E-state index contributed by atoms with van der Waals surface area (Å²) in [6.45, 7) is 2.93. The maximum absolute atomic E-state index is 12.5. The van der Waals surface area contributed by atoms with Gasteiger partial charge in [-0.05, 0) is 71.6 Å². The number of aryl methyl sites for hydroxylation is 1. The molecule has 1 aliphatic rings. The molecule has 1 atom stereocenters. The van der Waals surface area contributed by atoms with E-state index in [1.54, 1.807) is 11.1 Å². The fourth-order valence-corrected chi connectivity index (χ4v) is 3.97. The number of halogens is 1. The first-order valence-electron chi connectivity index (χ1n) is 11.2. The maximum atomic E-state index is 12.5. The predicted molar refractivity (Wildman–Crippen MR) is 137 cm³/mol. The zero-order valence-corrected chi connectivity index (χ0v) is 20.5. The van der Waals surface area contributed by atoms with Gasteiger partial charge in [0.25, 0.3) is 0 Å². The second kappa shape index (κ2) is 11.1. The van der Waals surface area contributed by atoms with Gasteiger partial charge in [0.2, 0.25) is 11.8 Å². The summed E-state index contributed by atoms with van der Waals surface area (Å²) in [5.41, 5.74) is 6.51. The monoisotopic (exact) mass is 519 g/mol. The highest BCUT2D eigenvalue weighted by Gasteiger charge is 2.35. The predicted octanol–water partition coefficient (Wildman–Crippen LogP) is 5.09. The first-order chi connectivity index (χ1) is 16.5. The van der Waals surface area contributed by atoms with Gasteiger partial charge in [-0.3, -0.25) is 9.59 Å². The average Bonchev–Trinajstić information content (AvgIpc) is 3.26. The molecular formula is C27H26BrN3O3. The Bertz CT molecular complexity index is 1160. The van der Waals surface area contributed by atoms with E-state index in [0.717, 1.165) is 33.5 Å². The van der Waals surface area contributed by atoms with Crippen LogP contribution in [0.5, 0.6) is 5.75 Å². The number of carbonyl (C=O) groups excluding carboxylic acids is 2. The molecule has 7 heteroatoms. The van der Waals surface area contributed by atoms with Crippen LogP contribution in [0.3, 0.4) is 0 Å². The van der Waals surface area contributed by atoms with Gasteiger partial charge in [0.05, 0.1) is 12.1 Å². The highest BCUT2D eigenvalue weighted by atomic mass is 79.9. The quantitative estimate of drug-likeness (QED) is 0.332. The van der Waals surface area contributed by atoms with Crippen molar-refractivity contribution in [2.24, 2.45) is 11.0 Å². The van der Waals surface area contributed by atoms with Crippen LogP contribution < -0.4 is 15.1 Å². The minimum atomic E-state index is -0.426. The van der Waals surface area contributed by atoms with Crippen LogP contribution in [-0.2, 0) is 22.6 Å². The van der Waals surface area contributed by atoms with E-state index >= 15 is 0 Å². The van der Waals surface area contributed by atoms with Gasteiger partial charge in [-0.1, -0.05) is 47.1 Å². The van der Waals surface area contributed by atoms with E-state index in [-0.39, 0.29) is 18.2 Å². The summed E-state index contributed by atoms with van der Waals surface area (Å²) >= 11 is 3.42. The molecule has 2 amide bonds. The van der Waals surface area contributed by atoms with Crippen molar-refractivity contribution in [1.29, 1.82) is 0 Å². The van der Waals surface area contributed by atoms with Gasteiger partial charge in [0.15, 0.2) is 0 Å². The Kier molecular flexibility index (Phi) is 7.75. The fraction of sp³-hybridized carbons (Fsp3) is 0.222. The van der Waals surface area contributed by atoms with Crippen molar-refractivity contribution >= 4 is 39.6 Å². The molecule has 0 unspecified atom stereocenters. The number of amides is 2. The molecule has 34 heavy (non-hydrogen) atoms. The van der Waals surface area contributed by atoms with E-state index < -0.39 is 5.92 Å². The van der Waals surface area contributed by atoms with Crippen LogP contribution in [0.2, 0.25) is 0 Å². The number of carbonyl (C=O) groups is 2. The second-order valence-corrected chi connectivity index (χ2v) is 9.06. The third-order valence-electron chi connectivity index (χ3n) is 5.74. The number of ether oxygens (including phenoxy) is 1. The molecule has 0 spiro atoms. The largest absolute Gasteiger partial charge is 0.489 e. The lowest BCUT2D eigenvalue weighted by molar-refractivity contribution is -0.126. The number of hydrogen-bond acceptors (Lipinski definition) is 4. The van der Waals surface area contributed by atoms with Gasteiger partial charge in [-0.25, -0.2) is 5.43 Å². The van der Waals surface area contributed by atoms with Gasteiger partial charge in [0.1, 0.15) is 12.4 Å². The molecule has 1 saturated heterocycles. The number of nitrogens with one attached hydrogen (secondary N) is 1. The fourth-order valence-electron chi connectivity index (χ4n) is 3.70. The summed E-state index contributed by atoms with van der Waals surface area (Å²) in [4.78, 5) is 26.6. The van der Waals surface area contributed by atoms with E-state index in [9.17, 15) is 9.59 Å². The Morgan fingerprint density at radius 3 is 2.41 bits per heavy atom. The highest BCUT2D eigenvalue weighted by Crippen LogP contribution is 2.25. The van der Waals surface area contributed by atoms with Gasteiger partial charge >= 0.3 is 0 Å². The Morgan fingerprint density at radius 2 is 1.74 bits per heavy atom. The number of rotatable bonds is 8. The summed E-state index contributed by atoms with van der Waals surface area (Å²) in [5.74, 6) is 0.0179. The second-order valence-electron chi connectivity index (χ2n) is 8.14. The molecule has 1 fully saturated rings. The highest BCUT2D eigenvalue weighted by molar-refractivity contribution is 9.10. The first kappa shape index (κ1) is 23.7. The summed E-state index contributed by atoms with van der Waals surface area (Å²) in [7, 11) is 0. The summed E-state index contributed by atoms with van der Waals surface area (Å²) < 4.78 is 6.83. The van der Waals surface area contributed by atoms with Crippen molar-refractivity contribution in [3.8, 4) is 5.75 Å². The molecule has 0 saturated carbocycles. The van der Waals surface area contributed by atoms with Crippen molar-refractivity contribution in [2.45, 2.75) is 26.4 Å². The number of hydrazone groups is 1. The van der Waals surface area contributed by atoms with E-state index in [1.807, 2.05) is 72.8 Å². The molecule has 0 aliphatic carbocycles. The number of anilines is 1. The molecule has 3 aromatic carbocycles. The molecule has 1 heterocycles. The number of hydrogen-bond donors (Lipinski definition) is 1. The topological polar surface area (TPSA) is 71.0 Å². The summed E-state index contributed by atoms with van der Waals surface area (Å²) in [6.07, 6.45) is 2.70. The Balaban J connectivity index is 1.26. The molecule has 174 valence electrons. The molecular weight excluding hydrogens is 494 g/mol. The summed E-state index contributed by atoms with van der Waals surface area (Å²) in [5, 5.41) is 4.06. The average molecular weight is 520 g/mol. The van der Waals surface area contributed by atoms with Crippen molar-refractivity contribution in [3.63, 3.8) is 0 Å². The minimum absolute atomic E-state index is 0.0490. The molecule has 0 bridgehead atoms. The summed E-state index contributed by atoms with van der Waals surface area (Å²) in [6, 6.07) is 23.3. The van der Waals surface area contributed by atoms with Crippen molar-refractivity contribution in [3.05, 3.63) is 94.0 Å². The van der Waals surface area contributed by atoms with Crippen LogP contribution in [0.1, 0.15) is 30.0 Å². The minimum Gasteiger partial charge on any atom is -0.489 e. The zero-order valence-electron chi connectivity index (χ0n) is 18.9. The number of benzene rings is 3. The van der Waals surface area contributed by atoms with Crippen LogP contribution >= 0.6 is 15.9 Å². The number of nitrogens with zero attached hydrogens (tertiary/aromatic N) is 2. The van der Waals surface area contributed by atoms with Crippen LogP contribution in [0, 0.1) is 5.92 Å². The van der Waals surface area contributed by atoms with Crippen LogP contribution in [-0.4, -0.2) is 24.6 Å². The lowest BCUT2D eigenvalue weighted by Crippen LogP contribution is -2.30. The van der Waals surface area contributed by atoms with E-state index in [4.69, 9.17) is 4.74 Å². The maximum Gasteiger partial charge on any atom is 0.245 e. The van der Waals surface area contributed by atoms with Crippen molar-refractivity contribution in [1.82, 2.24) is 5.43 Å². The van der Waals surface area contributed by atoms with Crippen molar-refractivity contribution in [2.75, 3.05) is 11.4 Å². The van der Waals surface area contributed by atoms with Gasteiger partial charge < -0.3 is 9.64 Å². The SMILES string of the molecule is CCc1ccc(N2C[C@H](C(=O)N/N=C/c3ccc(OCc4ccc(Br)cc4)cc3)CC2=O)cc1. The lowest BCUT2D eigenvalue weighted by atomic mass is 10.1. The van der Waals surface area contributed by atoms with Crippen LogP contribution in [0.15, 0.2) is 82.4 Å². The third kappa shape index (κ3) is 6.11. The Morgan fingerprint density at radius 1 is 1.06 bits per heavy atom. The molecule has 1 N–H and O–H groups in total. The first-order valence-corrected chi connectivity index (χ1v) is 12.0. The smallest absolute Gasteiger partial charge is 0.245 e.